The molecule has 1 aromatic heterocycles. The van der Waals surface area contributed by atoms with Gasteiger partial charge in [-0.15, -0.1) is 12.4 Å². The lowest BCUT2D eigenvalue weighted by molar-refractivity contribution is 0.368. The minimum Gasteiger partial charge on any atom is -0.323 e. The van der Waals surface area contributed by atoms with Crippen molar-refractivity contribution in [2.45, 2.75) is 25.8 Å². The molecule has 0 aliphatic carbocycles. The predicted molar refractivity (Wildman–Crippen MR) is 72.8 cm³/mol. The number of piperidine rings is 1. The average Bonchev–Trinajstić information content (AvgIpc) is 2.68. The Morgan fingerprint density at radius 2 is 2.06 bits per heavy atom. The third kappa shape index (κ3) is 2.10. The molecule has 0 unspecified atom stereocenters. The summed E-state index contributed by atoms with van der Waals surface area (Å²) in [6, 6.07) is 5.49. The zero-order valence-corrected chi connectivity index (χ0v) is 11.1. The molecule has 1 aromatic carbocycles. The van der Waals surface area contributed by atoms with Crippen molar-refractivity contribution in [3.8, 4) is 0 Å². The molecule has 3 rings (SSSR count). The molecule has 3 nitrogen and oxygen atoms in total. The van der Waals surface area contributed by atoms with Crippen LogP contribution in [-0.2, 0) is 0 Å². The fraction of sp³-hybridized carbons (Fsp3) is 0.462. The molecule has 0 amide bonds. The van der Waals surface area contributed by atoms with Crippen LogP contribution in [0.25, 0.3) is 11.0 Å². The van der Waals surface area contributed by atoms with Crippen LogP contribution in [-0.4, -0.2) is 22.6 Å². The summed E-state index contributed by atoms with van der Waals surface area (Å²) in [4.78, 5) is 4.45. The fourth-order valence-electron chi connectivity index (χ4n) is 2.73. The number of hydrogen-bond donors (Lipinski definition) is 1. The van der Waals surface area contributed by atoms with E-state index in [1.807, 2.05) is 13.0 Å². The first-order valence-corrected chi connectivity index (χ1v) is 6.11. The number of aromatic nitrogens is 2. The molecule has 18 heavy (non-hydrogen) atoms. The lowest BCUT2D eigenvalue weighted by Gasteiger charge is -2.25. The highest BCUT2D eigenvalue weighted by Gasteiger charge is 2.21. The van der Waals surface area contributed by atoms with Crippen molar-refractivity contribution >= 4 is 23.4 Å². The Balaban J connectivity index is 0.00000120. The van der Waals surface area contributed by atoms with Crippen LogP contribution in [0.4, 0.5) is 4.39 Å². The number of aryl methyl sites for hydroxylation is 1. The van der Waals surface area contributed by atoms with Crippen LogP contribution in [0.3, 0.4) is 0 Å². The van der Waals surface area contributed by atoms with E-state index in [2.05, 4.69) is 14.9 Å². The SMILES string of the molecule is Cc1nc2cccc(F)c2n1C1CCNCC1.Cl. The van der Waals surface area contributed by atoms with Crippen molar-refractivity contribution in [3.63, 3.8) is 0 Å². The van der Waals surface area contributed by atoms with E-state index in [9.17, 15) is 4.39 Å². The number of para-hydroxylation sites is 1. The van der Waals surface area contributed by atoms with Gasteiger partial charge in [0.15, 0.2) is 0 Å². The number of imidazole rings is 1. The van der Waals surface area contributed by atoms with Crippen molar-refractivity contribution in [1.82, 2.24) is 14.9 Å². The van der Waals surface area contributed by atoms with E-state index >= 15 is 0 Å². The molecule has 2 heterocycles. The standard InChI is InChI=1S/C13H16FN3.ClH/c1-9-16-12-4-2-3-11(14)13(12)17(9)10-5-7-15-8-6-10;/h2-4,10,15H,5-8H2,1H3;1H. The highest BCUT2D eigenvalue weighted by Crippen LogP contribution is 2.27. The number of halogens is 2. The van der Waals surface area contributed by atoms with Gasteiger partial charge < -0.3 is 9.88 Å². The van der Waals surface area contributed by atoms with Gasteiger partial charge in [-0.05, 0) is 45.0 Å². The molecule has 2 aromatic rings. The van der Waals surface area contributed by atoms with E-state index in [4.69, 9.17) is 0 Å². The van der Waals surface area contributed by atoms with Crippen LogP contribution < -0.4 is 5.32 Å². The Hall–Kier alpha value is -1.13. The summed E-state index contributed by atoms with van der Waals surface area (Å²) in [5, 5.41) is 3.33. The Labute approximate surface area is 112 Å². The smallest absolute Gasteiger partial charge is 0.149 e. The van der Waals surface area contributed by atoms with Gasteiger partial charge in [-0.1, -0.05) is 6.07 Å². The second kappa shape index (κ2) is 5.24. The number of hydrogen-bond acceptors (Lipinski definition) is 2. The summed E-state index contributed by atoms with van der Waals surface area (Å²) in [6.45, 7) is 3.96. The zero-order chi connectivity index (χ0) is 11.8. The summed E-state index contributed by atoms with van der Waals surface area (Å²) in [5.41, 5.74) is 1.43. The molecule has 1 saturated heterocycles. The molecule has 1 N–H and O–H groups in total. The first kappa shape index (κ1) is 13.3. The highest BCUT2D eigenvalue weighted by atomic mass is 35.5. The van der Waals surface area contributed by atoms with E-state index in [1.54, 1.807) is 6.07 Å². The molecule has 98 valence electrons. The van der Waals surface area contributed by atoms with Crippen molar-refractivity contribution in [1.29, 1.82) is 0 Å². The Kier molecular flexibility index (Phi) is 3.88. The van der Waals surface area contributed by atoms with E-state index in [1.165, 1.54) is 6.07 Å². The quantitative estimate of drug-likeness (QED) is 0.863. The van der Waals surface area contributed by atoms with Crippen molar-refractivity contribution in [2.75, 3.05) is 13.1 Å². The van der Waals surface area contributed by atoms with E-state index in [-0.39, 0.29) is 18.2 Å². The van der Waals surface area contributed by atoms with Gasteiger partial charge >= 0.3 is 0 Å². The molecular formula is C13H17ClFN3. The lowest BCUT2D eigenvalue weighted by Crippen LogP contribution is -2.29. The fourth-order valence-corrected chi connectivity index (χ4v) is 2.73. The summed E-state index contributed by atoms with van der Waals surface area (Å²) in [5.74, 6) is 0.749. The monoisotopic (exact) mass is 269 g/mol. The Bertz CT molecular complexity index is 546. The van der Waals surface area contributed by atoms with E-state index in [0.717, 1.165) is 37.3 Å². The lowest BCUT2D eigenvalue weighted by atomic mass is 10.1. The maximum atomic E-state index is 13.9. The Morgan fingerprint density at radius 1 is 1.33 bits per heavy atom. The number of nitrogens with one attached hydrogen (secondary N) is 1. The van der Waals surface area contributed by atoms with E-state index < -0.39 is 0 Å². The van der Waals surface area contributed by atoms with Crippen LogP contribution >= 0.6 is 12.4 Å². The highest BCUT2D eigenvalue weighted by molar-refractivity contribution is 5.85. The van der Waals surface area contributed by atoms with Gasteiger partial charge in [-0.2, -0.15) is 0 Å². The summed E-state index contributed by atoms with van der Waals surface area (Å²) in [7, 11) is 0. The molecular weight excluding hydrogens is 253 g/mol. The van der Waals surface area contributed by atoms with Gasteiger partial charge in [-0.25, -0.2) is 9.37 Å². The summed E-state index contributed by atoms with van der Waals surface area (Å²) >= 11 is 0. The van der Waals surface area contributed by atoms with Gasteiger partial charge in [-0.3, -0.25) is 0 Å². The number of nitrogens with zero attached hydrogens (tertiary/aromatic N) is 2. The molecule has 0 radical (unpaired) electrons. The second-order valence-electron chi connectivity index (χ2n) is 4.62. The van der Waals surface area contributed by atoms with Crippen LogP contribution in [0, 0.1) is 12.7 Å². The summed E-state index contributed by atoms with van der Waals surface area (Å²) in [6.07, 6.45) is 2.08. The van der Waals surface area contributed by atoms with Gasteiger partial charge in [0, 0.05) is 6.04 Å². The van der Waals surface area contributed by atoms with Gasteiger partial charge in [0.05, 0.1) is 5.52 Å². The van der Waals surface area contributed by atoms with Crippen LogP contribution in [0.1, 0.15) is 24.7 Å². The number of fused-ring (bicyclic) bond motifs is 1. The summed E-state index contributed by atoms with van der Waals surface area (Å²) < 4.78 is 16.0. The second-order valence-corrected chi connectivity index (χ2v) is 4.62. The minimum atomic E-state index is -0.165. The molecule has 0 saturated carbocycles. The molecule has 0 spiro atoms. The van der Waals surface area contributed by atoms with Crippen LogP contribution in [0.15, 0.2) is 18.2 Å². The molecule has 1 aliphatic heterocycles. The molecule has 1 fully saturated rings. The maximum Gasteiger partial charge on any atom is 0.149 e. The van der Waals surface area contributed by atoms with E-state index in [0.29, 0.717) is 11.6 Å². The third-order valence-electron chi connectivity index (χ3n) is 3.51. The predicted octanol–water partition coefficient (Wildman–Crippen LogP) is 2.83. The molecule has 1 aliphatic rings. The van der Waals surface area contributed by atoms with Crippen molar-refractivity contribution in [2.24, 2.45) is 0 Å². The number of benzene rings is 1. The Morgan fingerprint density at radius 3 is 2.78 bits per heavy atom. The number of rotatable bonds is 1. The zero-order valence-electron chi connectivity index (χ0n) is 10.3. The molecule has 0 atom stereocenters. The third-order valence-corrected chi connectivity index (χ3v) is 3.51. The first-order valence-electron chi connectivity index (χ1n) is 6.11. The topological polar surface area (TPSA) is 29.9 Å². The minimum absolute atomic E-state index is 0. The average molecular weight is 270 g/mol. The first-order chi connectivity index (χ1) is 8.27. The maximum absolute atomic E-state index is 13.9. The van der Waals surface area contributed by atoms with Crippen molar-refractivity contribution in [3.05, 3.63) is 29.8 Å². The van der Waals surface area contributed by atoms with Crippen LogP contribution in [0.5, 0.6) is 0 Å². The largest absolute Gasteiger partial charge is 0.323 e. The molecule has 0 bridgehead atoms. The van der Waals surface area contributed by atoms with Gasteiger partial charge in [0.25, 0.3) is 0 Å². The molecule has 5 heteroatoms. The normalized spacial score (nSPS) is 16.8. The van der Waals surface area contributed by atoms with Crippen LogP contribution in [0.2, 0.25) is 0 Å². The van der Waals surface area contributed by atoms with Gasteiger partial charge in [0.2, 0.25) is 0 Å². The van der Waals surface area contributed by atoms with Gasteiger partial charge in [0.1, 0.15) is 17.2 Å². The van der Waals surface area contributed by atoms with Crippen molar-refractivity contribution < 1.29 is 4.39 Å².